The van der Waals surface area contributed by atoms with E-state index in [1.807, 2.05) is 6.08 Å². The van der Waals surface area contributed by atoms with Crippen molar-refractivity contribution in [2.45, 2.75) is 0 Å². The Morgan fingerprint density at radius 2 is 1.40 bits per heavy atom. The predicted octanol–water partition coefficient (Wildman–Crippen LogP) is -1.70. The van der Waals surface area contributed by atoms with Crippen molar-refractivity contribution in [1.82, 2.24) is 20.4 Å². The quantitative estimate of drug-likeness (QED) is 0.408. The first-order valence-electron chi connectivity index (χ1n) is 3.84. The van der Waals surface area contributed by atoms with E-state index in [1.165, 1.54) is 0 Å². The lowest BCUT2D eigenvalue weighted by atomic mass is 10.6. The van der Waals surface area contributed by atoms with Gasteiger partial charge in [0.25, 0.3) is 0 Å². The molecule has 2 rings (SSSR count). The van der Waals surface area contributed by atoms with Crippen LogP contribution in [-0.2, 0) is 4.84 Å². The molecule has 80 valence electrons. The highest BCUT2D eigenvalue weighted by molar-refractivity contribution is 5.00. The zero-order chi connectivity index (χ0) is 11.1. The van der Waals surface area contributed by atoms with Crippen LogP contribution in [0.4, 0.5) is 0 Å². The summed E-state index contributed by atoms with van der Waals surface area (Å²) < 4.78 is 0. The highest BCUT2D eigenvalue weighted by Crippen LogP contribution is 1.80. The fourth-order valence-corrected chi connectivity index (χ4v) is 0.661. The van der Waals surface area contributed by atoms with E-state index in [0.29, 0.717) is 0 Å². The average molecular weight is 212 g/mol. The van der Waals surface area contributed by atoms with Gasteiger partial charge in [-0.3, -0.25) is 15.0 Å². The lowest BCUT2D eigenvalue weighted by Crippen LogP contribution is -2.34. The van der Waals surface area contributed by atoms with Gasteiger partial charge >= 0.3 is 17.1 Å². The number of rotatable bonds is 0. The molecule has 0 fully saturated rings. The number of aromatic amines is 3. The molecule has 1 aromatic heterocycles. The van der Waals surface area contributed by atoms with Gasteiger partial charge in [0.15, 0.2) is 0 Å². The van der Waals surface area contributed by atoms with Crippen LogP contribution < -0.4 is 22.5 Å². The Bertz CT molecular complexity index is 430. The van der Waals surface area contributed by atoms with Crippen molar-refractivity contribution in [3.8, 4) is 0 Å². The minimum absolute atomic E-state index is 0.802. The second kappa shape index (κ2) is 5.27. The molecule has 0 bridgehead atoms. The van der Waals surface area contributed by atoms with E-state index in [-0.39, 0.29) is 0 Å². The molecular weight excluding hydrogens is 204 g/mol. The van der Waals surface area contributed by atoms with Crippen LogP contribution in [0.5, 0.6) is 0 Å². The Morgan fingerprint density at radius 3 is 1.60 bits per heavy atom. The van der Waals surface area contributed by atoms with E-state index in [0.717, 1.165) is 0 Å². The molecule has 4 N–H and O–H groups in total. The molecule has 15 heavy (non-hydrogen) atoms. The molecule has 0 saturated carbocycles. The van der Waals surface area contributed by atoms with Crippen LogP contribution in [0.1, 0.15) is 0 Å². The van der Waals surface area contributed by atoms with Crippen LogP contribution in [0.2, 0.25) is 0 Å². The van der Waals surface area contributed by atoms with E-state index in [2.05, 4.69) is 10.3 Å². The van der Waals surface area contributed by atoms with Gasteiger partial charge in [0, 0.05) is 6.20 Å². The van der Waals surface area contributed by atoms with E-state index in [1.54, 1.807) is 33.5 Å². The summed E-state index contributed by atoms with van der Waals surface area (Å²) in [5, 5.41) is 0. The Labute approximate surface area is 82.3 Å². The molecule has 0 unspecified atom stereocenters. The van der Waals surface area contributed by atoms with E-state index >= 15 is 0 Å². The summed E-state index contributed by atoms with van der Waals surface area (Å²) in [6, 6.07) is 0. The lowest BCUT2D eigenvalue weighted by Gasteiger charge is -1.97. The smallest absolute Gasteiger partial charge is 0.330 e. The summed E-state index contributed by atoms with van der Waals surface area (Å²) in [7, 11) is 0. The van der Waals surface area contributed by atoms with Crippen LogP contribution >= 0.6 is 0 Å². The summed E-state index contributed by atoms with van der Waals surface area (Å²) in [6.07, 6.45) is 6.93. The number of aromatic nitrogens is 3. The van der Waals surface area contributed by atoms with Crippen molar-refractivity contribution >= 4 is 0 Å². The van der Waals surface area contributed by atoms with Crippen molar-refractivity contribution in [1.29, 1.82) is 0 Å². The van der Waals surface area contributed by atoms with E-state index in [9.17, 15) is 14.4 Å². The summed E-state index contributed by atoms with van der Waals surface area (Å²) >= 11 is 0. The van der Waals surface area contributed by atoms with Gasteiger partial charge in [-0.05, 0) is 12.2 Å². The number of hydrogen-bond donors (Lipinski definition) is 4. The summed E-state index contributed by atoms with van der Waals surface area (Å²) in [4.78, 5) is 40.5. The van der Waals surface area contributed by atoms with Crippen LogP contribution in [-0.4, -0.2) is 15.0 Å². The number of allylic oxidation sites excluding steroid dienone is 2. The molecular formula is C7H8N4O4. The van der Waals surface area contributed by atoms with Crippen LogP contribution in [0.15, 0.2) is 39.0 Å². The maximum absolute atomic E-state index is 10.2. The summed E-state index contributed by atoms with van der Waals surface area (Å²) in [6.45, 7) is 0. The van der Waals surface area contributed by atoms with Gasteiger partial charge in [0.1, 0.15) is 6.26 Å². The highest BCUT2D eigenvalue weighted by atomic mass is 16.6. The second-order valence-electron chi connectivity index (χ2n) is 2.29. The topological polar surface area (TPSA) is 120 Å². The van der Waals surface area contributed by atoms with Crippen LogP contribution in [0, 0.1) is 0 Å². The molecule has 8 nitrogen and oxygen atoms in total. The van der Waals surface area contributed by atoms with Crippen molar-refractivity contribution < 1.29 is 4.84 Å². The first-order chi connectivity index (χ1) is 7.18. The lowest BCUT2D eigenvalue weighted by molar-refractivity contribution is 0.172. The molecule has 2 heterocycles. The number of nitrogens with one attached hydrogen (secondary N) is 4. The second-order valence-corrected chi connectivity index (χ2v) is 2.29. The number of hydrogen-bond acceptors (Lipinski definition) is 5. The molecule has 0 aliphatic carbocycles. The van der Waals surface area contributed by atoms with E-state index < -0.39 is 17.1 Å². The van der Waals surface area contributed by atoms with Gasteiger partial charge in [-0.2, -0.15) is 0 Å². The van der Waals surface area contributed by atoms with Crippen LogP contribution in [0.3, 0.4) is 0 Å². The first-order valence-corrected chi connectivity index (χ1v) is 3.84. The molecule has 0 aromatic carbocycles. The number of hydroxylamine groups is 1. The van der Waals surface area contributed by atoms with Gasteiger partial charge in [0.2, 0.25) is 0 Å². The van der Waals surface area contributed by atoms with Crippen LogP contribution in [0.25, 0.3) is 0 Å². The fourth-order valence-electron chi connectivity index (χ4n) is 0.661. The fraction of sp³-hybridized carbons (Fsp3) is 0. The monoisotopic (exact) mass is 212 g/mol. The summed E-state index contributed by atoms with van der Waals surface area (Å²) in [5.41, 5.74) is 0.111. The highest BCUT2D eigenvalue weighted by Gasteiger charge is 1.85. The van der Waals surface area contributed by atoms with Gasteiger partial charge in [-0.1, -0.05) is 0 Å². The average Bonchev–Trinajstić information content (AvgIpc) is 2.19. The third kappa shape index (κ3) is 4.31. The Kier molecular flexibility index (Phi) is 3.71. The zero-order valence-corrected chi connectivity index (χ0v) is 7.44. The SMILES string of the molecule is C1=CNOC=C1.O=c1[nH]c(=O)[nH]c(=O)[nH]1. The van der Waals surface area contributed by atoms with E-state index in [4.69, 9.17) is 0 Å². The molecule has 0 atom stereocenters. The predicted molar refractivity (Wildman–Crippen MR) is 50.8 cm³/mol. The Balaban J connectivity index is 0.000000162. The normalized spacial score (nSPS) is 12.0. The molecule has 1 aromatic rings. The Hall–Kier alpha value is -2.51. The van der Waals surface area contributed by atoms with Crippen molar-refractivity contribution in [2.24, 2.45) is 0 Å². The van der Waals surface area contributed by atoms with Gasteiger partial charge in [-0.15, -0.1) is 0 Å². The third-order valence-electron chi connectivity index (χ3n) is 1.17. The standard InChI is InChI=1S/C4H5NO.C3H3N3O3/c1-2-4-6-5-3-1;7-1-4-2(8)6-3(9)5-1/h1-5H;(H3,4,5,6,7,8,9). The third-order valence-corrected chi connectivity index (χ3v) is 1.17. The summed E-state index contributed by atoms with van der Waals surface area (Å²) in [5.74, 6) is 0. The zero-order valence-electron chi connectivity index (χ0n) is 7.44. The maximum atomic E-state index is 10.2. The molecule has 8 heteroatoms. The first kappa shape index (κ1) is 10.6. The molecule has 0 radical (unpaired) electrons. The van der Waals surface area contributed by atoms with Gasteiger partial charge in [-0.25, -0.2) is 19.9 Å². The number of H-pyrrole nitrogens is 3. The molecule has 0 amide bonds. The molecule has 0 spiro atoms. The van der Waals surface area contributed by atoms with Crippen molar-refractivity contribution in [3.05, 3.63) is 56.1 Å². The maximum Gasteiger partial charge on any atom is 0.330 e. The molecule has 1 aliphatic rings. The van der Waals surface area contributed by atoms with Crippen molar-refractivity contribution in [2.75, 3.05) is 0 Å². The Morgan fingerprint density at radius 1 is 0.867 bits per heavy atom. The molecule has 0 saturated heterocycles. The van der Waals surface area contributed by atoms with Gasteiger partial charge < -0.3 is 4.84 Å². The van der Waals surface area contributed by atoms with Gasteiger partial charge in [0.05, 0.1) is 0 Å². The minimum atomic E-state index is -0.802. The minimum Gasteiger partial charge on any atom is -0.391 e. The molecule has 1 aliphatic heterocycles. The van der Waals surface area contributed by atoms with Crippen molar-refractivity contribution in [3.63, 3.8) is 0 Å². The largest absolute Gasteiger partial charge is 0.391 e.